The Bertz CT molecular complexity index is 400. The Hall–Kier alpha value is -1.10. The van der Waals surface area contributed by atoms with Crippen LogP contribution in [0.15, 0.2) is 18.2 Å². The first-order valence-electron chi connectivity index (χ1n) is 6.55. The number of hydrazine groups is 1. The van der Waals surface area contributed by atoms with Crippen molar-refractivity contribution in [1.82, 2.24) is 15.3 Å². The van der Waals surface area contributed by atoms with E-state index in [1.807, 2.05) is 25.1 Å². The molecule has 0 spiro atoms. The van der Waals surface area contributed by atoms with E-state index in [0.717, 1.165) is 37.3 Å². The Morgan fingerprint density at radius 1 is 1.22 bits per heavy atom. The summed E-state index contributed by atoms with van der Waals surface area (Å²) in [6, 6.07) is 5.99. The highest BCUT2D eigenvalue weighted by atomic mass is 16.3. The lowest BCUT2D eigenvalue weighted by atomic mass is 10.1. The fraction of sp³-hybridized carbons (Fsp3) is 0.571. The Kier molecular flexibility index (Phi) is 4.22. The molecule has 4 heteroatoms. The number of nitrogens with zero attached hydrogens (tertiary/aromatic N) is 2. The predicted molar refractivity (Wildman–Crippen MR) is 73.5 cm³/mol. The van der Waals surface area contributed by atoms with E-state index < -0.39 is 0 Å². The number of benzene rings is 1. The van der Waals surface area contributed by atoms with Crippen LogP contribution in [0.1, 0.15) is 24.1 Å². The molecule has 2 N–H and O–H groups in total. The molecule has 0 radical (unpaired) electrons. The second-order valence-corrected chi connectivity index (χ2v) is 5.20. The number of nitrogens with one attached hydrogen (secondary N) is 1. The summed E-state index contributed by atoms with van der Waals surface area (Å²) in [5.74, 6) is 0.379. The Morgan fingerprint density at radius 3 is 2.50 bits per heavy atom. The van der Waals surface area contributed by atoms with E-state index in [0.29, 0.717) is 5.75 Å². The van der Waals surface area contributed by atoms with Crippen molar-refractivity contribution < 1.29 is 5.11 Å². The highest BCUT2D eigenvalue weighted by molar-refractivity contribution is 5.37. The van der Waals surface area contributed by atoms with Crippen LogP contribution in [0.25, 0.3) is 0 Å². The Balaban J connectivity index is 1.97. The first kappa shape index (κ1) is 13.3. The SMILES string of the molecule is Cc1ccc(C(C)NN2CCN(C)CC2)c(O)c1. The summed E-state index contributed by atoms with van der Waals surface area (Å²) in [6.07, 6.45) is 0. The minimum Gasteiger partial charge on any atom is -0.508 e. The number of aromatic hydroxyl groups is 1. The van der Waals surface area contributed by atoms with Crippen molar-refractivity contribution in [2.45, 2.75) is 19.9 Å². The largest absolute Gasteiger partial charge is 0.508 e. The van der Waals surface area contributed by atoms with Gasteiger partial charge in [-0.2, -0.15) is 0 Å². The van der Waals surface area contributed by atoms with Crippen molar-refractivity contribution in [3.8, 4) is 5.75 Å². The van der Waals surface area contributed by atoms with E-state index in [2.05, 4.69) is 29.3 Å². The second-order valence-electron chi connectivity index (χ2n) is 5.20. The van der Waals surface area contributed by atoms with Gasteiger partial charge in [-0.15, -0.1) is 0 Å². The topological polar surface area (TPSA) is 38.7 Å². The number of phenols is 1. The zero-order valence-electron chi connectivity index (χ0n) is 11.5. The average Bonchev–Trinajstić information content (AvgIpc) is 2.32. The van der Waals surface area contributed by atoms with E-state index in [1.54, 1.807) is 0 Å². The standard InChI is InChI=1S/C14H23N3O/c1-11-4-5-13(14(18)10-11)12(2)15-17-8-6-16(3)7-9-17/h4-5,10,12,15,18H,6-9H2,1-3H3. The number of aryl methyl sites for hydroxylation is 1. The molecule has 0 aromatic heterocycles. The van der Waals surface area contributed by atoms with E-state index in [-0.39, 0.29) is 6.04 Å². The van der Waals surface area contributed by atoms with Crippen LogP contribution >= 0.6 is 0 Å². The summed E-state index contributed by atoms with van der Waals surface area (Å²) < 4.78 is 0. The van der Waals surface area contributed by atoms with Crippen LogP contribution in [0.5, 0.6) is 5.75 Å². The molecule has 1 heterocycles. The second kappa shape index (κ2) is 5.69. The van der Waals surface area contributed by atoms with Gasteiger partial charge in [-0.25, -0.2) is 10.4 Å². The van der Waals surface area contributed by atoms with Gasteiger partial charge in [0.1, 0.15) is 5.75 Å². The van der Waals surface area contributed by atoms with Crippen LogP contribution < -0.4 is 5.43 Å². The molecule has 0 bridgehead atoms. The number of rotatable bonds is 3. The van der Waals surface area contributed by atoms with Gasteiger partial charge in [0.25, 0.3) is 0 Å². The van der Waals surface area contributed by atoms with Crippen molar-refractivity contribution in [1.29, 1.82) is 0 Å². The maximum atomic E-state index is 9.97. The molecule has 1 aromatic rings. The predicted octanol–water partition coefficient (Wildman–Crippen LogP) is 1.51. The molecule has 1 aliphatic rings. The molecular weight excluding hydrogens is 226 g/mol. The summed E-state index contributed by atoms with van der Waals surface area (Å²) >= 11 is 0. The molecular formula is C14H23N3O. The maximum absolute atomic E-state index is 9.97. The van der Waals surface area contributed by atoms with Gasteiger partial charge in [0.05, 0.1) is 0 Å². The molecule has 1 fully saturated rings. The minimum atomic E-state index is 0.133. The quantitative estimate of drug-likeness (QED) is 0.852. The lowest BCUT2D eigenvalue weighted by Crippen LogP contribution is -2.51. The van der Waals surface area contributed by atoms with Crippen molar-refractivity contribution in [2.24, 2.45) is 0 Å². The molecule has 18 heavy (non-hydrogen) atoms. The summed E-state index contributed by atoms with van der Waals surface area (Å²) in [6.45, 7) is 8.28. The lowest BCUT2D eigenvalue weighted by Gasteiger charge is -2.34. The van der Waals surface area contributed by atoms with E-state index in [1.165, 1.54) is 0 Å². The van der Waals surface area contributed by atoms with Gasteiger partial charge in [-0.3, -0.25) is 0 Å². The summed E-state index contributed by atoms with van der Waals surface area (Å²) in [4.78, 5) is 2.33. The molecule has 1 atom stereocenters. The molecule has 1 aliphatic heterocycles. The van der Waals surface area contributed by atoms with Gasteiger partial charge < -0.3 is 10.0 Å². The highest BCUT2D eigenvalue weighted by Crippen LogP contribution is 2.25. The van der Waals surface area contributed by atoms with Crippen molar-refractivity contribution >= 4 is 0 Å². The van der Waals surface area contributed by atoms with E-state index >= 15 is 0 Å². The van der Waals surface area contributed by atoms with Crippen molar-refractivity contribution in [3.63, 3.8) is 0 Å². The summed E-state index contributed by atoms with van der Waals surface area (Å²) in [7, 11) is 2.15. The zero-order valence-corrected chi connectivity index (χ0v) is 11.5. The average molecular weight is 249 g/mol. The first-order chi connectivity index (χ1) is 8.56. The number of likely N-dealkylation sites (N-methyl/N-ethyl adjacent to an activating group) is 1. The fourth-order valence-electron chi connectivity index (χ4n) is 2.30. The van der Waals surface area contributed by atoms with Crippen LogP contribution in [0.3, 0.4) is 0 Å². The van der Waals surface area contributed by atoms with Crippen LogP contribution in [0.4, 0.5) is 0 Å². The molecule has 2 rings (SSSR count). The van der Waals surface area contributed by atoms with Gasteiger partial charge in [-0.1, -0.05) is 12.1 Å². The molecule has 4 nitrogen and oxygen atoms in total. The summed E-state index contributed by atoms with van der Waals surface area (Å²) in [5, 5.41) is 12.2. The third kappa shape index (κ3) is 3.22. The van der Waals surface area contributed by atoms with E-state index in [4.69, 9.17) is 0 Å². The Morgan fingerprint density at radius 2 is 1.89 bits per heavy atom. The highest BCUT2D eigenvalue weighted by Gasteiger charge is 2.17. The smallest absolute Gasteiger partial charge is 0.120 e. The van der Waals surface area contributed by atoms with Gasteiger partial charge >= 0.3 is 0 Å². The van der Waals surface area contributed by atoms with Gasteiger partial charge in [0.2, 0.25) is 0 Å². The normalized spacial score (nSPS) is 19.9. The van der Waals surface area contributed by atoms with Crippen molar-refractivity contribution in [2.75, 3.05) is 33.2 Å². The lowest BCUT2D eigenvalue weighted by molar-refractivity contribution is 0.0894. The Labute approximate surface area is 109 Å². The van der Waals surface area contributed by atoms with Crippen LogP contribution in [0, 0.1) is 6.92 Å². The van der Waals surface area contributed by atoms with Gasteiger partial charge in [-0.05, 0) is 32.5 Å². The third-order valence-electron chi connectivity index (χ3n) is 3.53. The number of hydrogen-bond donors (Lipinski definition) is 2. The molecule has 0 amide bonds. The van der Waals surface area contributed by atoms with Crippen LogP contribution in [-0.4, -0.2) is 48.2 Å². The number of phenolic OH excluding ortho intramolecular Hbond substituents is 1. The van der Waals surface area contributed by atoms with Gasteiger partial charge in [0, 0.05) is 37.8 Å². The van der Waals surface area contributed by atoms with Crippen LogP contribution in [-0.2, 0) is 0 Å². The molecule has 0 saturated carbocycles. The molecule has 100 valence electrons. The molecule has 1 saturated heterocycles. The maximum Gasteiger partial charge on any atom is 0.120 e. The fourth-order valence-corrected chi connectivity index (χ4v) is 2.30. The molecule has 1 unspecified atom stereocenters. The molecule has 0 aliphatic carbocycles. The van der Waals surface area contributed by atoms with Crippen molar-refractivity contribution in [3.05, 3.63) is 29.3 Å². The number of hydrogen-bond acceptors (Lipinski definition) is 4. The number of piperazine rings is 1. The molecule has 1 aromatic carbocycles. The monoisotopic (exact) mass is 249 g/mol. The minimum absolute atomic E-state index is 0.133. The third-order valence-corrected chi connectivity index (χ3v) is 3.53. The van der Waals surface area contributed by atoms with Gasteiger partial charge in [0.15, 0.2) is 0 Å². The first-order valence-corrected chi connectivity index (χ1v) is 6.55. The van der Waals surface area contributed by atoms with E-state index in [9.17, 15) is 5.11 Å². The zero-order chi connectivity index (χ0) is 13.1. The van der Waals surface area contributed by atoms with Crippen LogP contribution in [0.2, 0.25) is 0 Å². The summed E-state index contributed by atoms with van der Waals surface area (Å²) in [5.41, 5.74) is 5.51.